The average Bonchev–Trinajstić information content (AvgIpc) is 3.28. The van der Waals surface area contributed by atoms with Crippen LogP contribution in [0.2, 0.25) is 0 Å². The van der Waals surface area contributed by atoms with Crippen LogP contribution in [0, 0.1) is 0 Å². The molecular weight excluding hydrogens is 266 g/mol. The van der Waals surface area contributed by atoms with E-state index < -0.39 is 0 Å². The molecule has 2 rings (SSSR count). The molecule has 1 saturated carbocycles. The number of hydrogen-bond acceptors (Lipinski definition) is 3. The lowest BCUT2D eigenvalue weighted by atomic mass is 10.1. The molecule has 4 heteroatoms. The zero-order chi connectivity index (χ0) is 15.4. The molecule has 0 atom stereocenters. The highest BCUT2D eigenvalue weighted by atomic mass is 16.5. The van der Waals surface area contributed by atoms with Crippen molar-refractivity contribution in [2.45, 2.75) is 39.3 Å². The summed E-state index contributed by atoms with van der Waals surface area (Å²) in [5, 5.41) is 0. The van der Waals surface area contributed by atoms with Gasteiger partial charge in [0.1, 0.15) is 11.5 Å². The van der Waals surface area contributed by atoms with E-state index in [1.807, 2.05) is 36.9 Å². The van der Waals surface area contributed by atoms with Crippen LogP contribution in [0.5, 0.6) is 11.5 Å². The van der Waals surface area contributed by atoms with E-state index in [0.29, 0.717) is 12.6 Å². The van der Waals surface area contributed by atoms with Crippen LogP contribution in [0.3, 0.4) is 0 Å². The van der Waals surface area contributed by atoms with Gasteiger partial charge in [0.15, 0.2) is 0 Å². The molecule has 1 aliphatic carbocycles. The Morgan fingerprint density at radius 3 is 2.52 bits per heavy atom. The van der Waals surface area contributed by atoms with Crippen molar-refractivity contribution in [1.29, 1.82) is 0 Å². The van der Waals surface area contributed by atoms with Crippen molar-refractivity contribution >= 4 is 5.91 Å². The van der Waals surface area contributed by atoms with Gasteiger partial charge in [0.2, 0.25) is 5.91 Å². The minimum atomic E-state index is 0.0716. The van der Waals surface area contributed by atoms with Crippen LogP contribution >= 0.6 is 0 Å². The van der Waals surface area contributed by atoms with Crippen LogP contribution in [-0.4, -0.2) is 31.1 Å². The van der Waals surface area contributed by atoms with E-state index in [-0.39, 0.29) is 5.91 Å². The van der Waals surface area contributed by atoms with E-state index >= 15 is 0 Å². The van der Waals surface area contributed by atoms with Gasteiger partial charge in [0, 0.05) is 17.7 Å². The summed E-state index contributed by atoms with van der Waals surface area (Å²) in [5.74, 6) is 1.63. The quantitative estimate of drug-likeness (QED) is 0.755. The first-order valence-corrected chi connectivity index (χ1v) is 7.21. The number of amides is 1. The second kappa shape index (κ2) is 6.66. The molecule has 0 bridgehead atoms. The van der Waals surface area contributed by atoms with Crippen LogP contribution in [0.4, 0.5) is 0 Å². The molecule has 4 nitrogen and oxygen atoms in total. The van der Waals surface area contributed by atoms with Gasteiger partial charge in [-0.25, -0.2) is 0 Å². The average molecular weight is 289 g/mol. The first-order valence-electron chi connectivity index (χ1n) is 7.21. The lowest BCUT2D eigenvalue weighted by Crippen LogP contribution is -2.31. The summed E-state index contributed by atoms with van der Waals surface area (Å²) in [5.41, 5.74) is 1.99. The molecule has 114 valence electrons. The fourth-order valence-electron chi connectivity index (χ4n) is 2.29. The summed E-state index contributed by atoms with van der Waals surface area (Å²) in [6, 6.07) is 6.03. The molecule has 1 amide bonds. The van der Waals surface area contributed by atoms with Crippen molar-refractivity contribution in [2.75, 3.05) is 14.2 Å². The lowest BCUT2D eigenvalue weighted by molar-refractivity contribution is -0.127. The molecular formula is C17H23NO3. The van der Waals surface area contributed by atoms with E-state index in [9.17, 15) is 4.79 Å². The molecule has 0 heterocycles. The molecule has 1 aliphatic rings. The molecule has 1 fully saturated rings. The van der Waals surface area contributed by atoms with E-state index in [1.165, 1.54) is 0 Å². The predicted octanol–water partition coefficient (Wildman–Crippen LogP) is 3.16. The van der Waals surface area contributed by atoms with E-state index in [0.717, 1.165) is 35.5 Å². The zero-order valence-corrected chi connectivity index (χ0v) is 13.2. The fraction of sp³-hybridized carbons (Fsp3) is 0.471. The molecule has 0 unspecified atom stereocenters. The second-order valence-corrected chi connectivity index (χ2v) is 5.60. The molecule has 1 aromatic rings. The van der Waals surface area contributed by atoms with Crippen LogP contribution in [0.25, 0.3) is 0 Å². The van der Waals surface area contributed by atoms with E-state index in [4.69, 9.17) is 9.47 Å². The SMILES string of the molecule is COc1ccc(OC)c(CN(C(=O)C=C(C)C)C2CC2)c1. The van der Waals surface area contributed by atoms with Crippen molar-refractivity contribution in [3.05, 3.63) is 35.4 Å². The maximum Gasteiger partial charge on any atom is 0.247 e. The highest BCUT2D eigenvalue weighted by Crippen LogP contribution is 2.32. The van der Waals surface area contributed by atoms with Crippen molar-refractivity contribution in [2.24, 2.45) is 0 Å². The monoisotopic (exact) mass is 289 g/mol. The maximum absolute atomic E-state index is 12.4. The minimum absolute atomic E-state index is 0.0716. The Balaban J connectivity index is 2.24. The molecule has 21 heavy (non-hydrogen) atoms. The Labute approximate surface area is 126 Å². The first-order chi connectivity index (χ1) is 10.0. The summed E-state index contributed by atoms with van der Waals surface area (Å²) in [7, 11) is 3.28. The van der Waals surface area contributed by atoms with Gasteiger partial charge in [-0.15, -0.1) is 0 Å². The number of allylic oxidation sites excluding steroid dienone is 1. The van der Waals surface area contributed by atoms with Gasteiger partial charge in [-0.05, 0) is 44.9 Å². The molecule has 1 aromatic carbocycles. The summed E-state index contributed by atoms with van der Waals surface area (Å²) in [6.07, 6.45) is 3.86. The smallest absolute Gasteiger partial charge is 0.247 e. The maximum atomic E-state index is 12.4. The molecule has 0 aliphatic heterocycles. The molecule has 0 radical (unpaired) electrons. The molecule has 0 N–H and O–H groups in total. The normalized spacial score (nSPS) is 13.5. The molecule has 0 spiro atoms. The van der Waals surface area contributed by atoms with Crippen LogP contribution in [-0.2, 0) is 11.3 Å². The number of methoxy groups -OCH3 is 2. The van der Waals surface area contributed by atoms with Crippen molar-refractivity contribution in [3.8, 4) is 11.5 Å². The Morgan fingerprint density at radius 2 is 2.00 bits per heavy atom. The van der Waals surface area contributed by atoms with Gasteiger partial charge < -0.3 is 14.4 Å². The van der Waals surface area contributed by atoms with Crippen LogP contribution in [0.1, 0.15) is 32.3 Å². The number of carbonyl (C=O) groups excluding carboxylic acids is 1. The Hall–Kier alpha value is -1.97. The van der Waals surface area contributed by atoms with Crippen molar-refractivity contribution < 1.29 is 14.3 Å². The van der Waals surface area contributed by atoms with Gasteiger partial charge in [-0.2, -0.15) is 0 Å². The summed E-state index contributed by atoms with van der Waals surface area (Å²) < 4.78 is 10.7. The highest BCUT2D eigenvalue weighted by molar-refractivity contribution is 5.88. The number of carbonyl (C=O) groups is 1. The molecule has 0 aromatic heterocycles. The third kappa shape index (κ3) is 4.00. The van der Waals surface area contributed by atoms with Gasteiger partial charge in [0.05, 0.1) is 20.8 Å². The standard InChI is InChI=1S/C17H23NO3/c1-12(2)9-17(19)18(14-5-6-14)11-13-10-15(20-3)7-8-16(13)21-4/h7-10,14H,5-6,11H2,1-4H3. The fourth-order valence-corrected chi connectivity index (χ4v) is 2.29. The van der Waals surface area contributed by atoms with Crippen LogP contribution < -0.4 is 9.47 Å². The third-order valence-electron chi connectivity index (χ3n) is 3.51. The Bertz CT molecular complexity index is 543. The second-order valence-electron chi connectivity index (χ2n) is 5.60. The summed E-state index contributed by atoms with van der Waals surface area (Å²) in [6.45, 7) is 4.43. The van der Waals surface area contributed by atoms with Crippen LogP contribution in [0.15, 0.2) is 29.8 Å². The summed E-state index contributed by atoms with van der Waals surface area (Å²) in [4.78, 5) is 14.3. The summed E-state index contributed by atoms with van der Waals surface area (Å²) >= 11 is 0. The van der Waals surface area contributed by atoms with Gasteiger partial charge >= 0.3 is 0 Å². The first kappa shape index (κ1) is 15.4. The Morgan fingerprint density at radius 1 is 1.29 bits per heavy atom. The minimum Gasteiger partial charge on any atom is -0.497 e. The lowest BCUT2D eigenvalue weighted by Gasteiger charge is -2.22. The van der Waals surface area contributed by atoms with Crippen molar-refractivity contribution in [1.82, 2.24) is 4.90 Å². The number of hydrogen-bond donors (Lipinski definition) is 0. The number of nitrogens with zero attached hydrogens (tertiary/aromatic N) is 1. The van der Waals surface area contributed by atoms with E-state index in [1.54, 1.807) is 20.3 Å². The number of benzene rings is 1. The molecule has 0 saturated heterocycles. The third-order valence-corrected chi connectivity index (χ3v) is 3.51. The highest BCUT2D eigenvalue weighted by Gasteiger charge is 2.32. The number of rotatable bonds is 6. The number of ether oxygens (including phenoxy) is 2. The zero-order valence-electron chi connectivity index (χ0n) is 13.2. The predicted molar refractivity (Wildman–Crippen MR) is 82.5 cm³/mol. The van der Waals surface area contributed by atoms with Gasteiger partial charge in [-0.1, -0.05) is 5.57 Å². The largest absolute Gasteiger partial charge is 0.497 e. The van der Waals surface area contributed by atoms with E-state index in [2.05, 4.69) is 0 Å². The topological polar surface area (TPSA) is 38.8 Å². The van der Waals surface area contributed by atoms with Gasteiger partial charge in [0.25, 0.3) is 0 Å². The van der Waals surface area contributed by atoms with Gasteiger partial charge in [-0.3, -0.25) is 4.79 Å². The van der Waals surface area contributed by atoms with Crippen molar-refractivity contribution in [3.63, 3.8) is 0 Å². The Kier molecular flexibility index (Phi) is 4.89.